The quantitative estimate of drug-likeness (QED) is 0.376. The molecule has 0 saturated carbocycles. The number of anilines is 1. The molecule has 0 heterocycles. The molecule has 0 amide bonds. The first-order valence-electron chi connectivity index (χ1n) is 9.75. The fourth-order valence-electron chi connectivity index (χ4n) is 2.95. The van der Waals surface area contributed by atoms with Crippen molar-refractivity contribution in [3.05, 3.63) is 87.4 Å². The number of rotatable bonds is 9. The first kappa shape index (κ1) is 22.8. The first-order valence-corrected chi connectivity index (χ1v) is 10.5. The van der Waals surface area contributed by atoms with E-state index in [4.69, 9.17) is 37.4 Å². The molecule has 0 atom stereocenters. The number of methoxy groups -OCH3 is 1. The predicted molar refractivity (Wildman–Crippen MR) is 124 cm³/mol. The second kappa shape index (κ2) is 10.9. The van der Waals surface area contributed by atoms with E-state index in [9.17, 15) is 4.79 Å². The van der Waals surface area contributed by atoms with E-state index in [0.29, 0.717) is 46.9 Å². The topological polar surface area (TPSA) is 56.8 Å². The Hall–Kier alpha value is -2.89. The number of hydrogen-bond donors (Lipinski definition) is 1. The molecule has 0 aliphatic rings. The monoisotopic (exact) mass is 459 g/mol. The van der Waals surface area contributed by atoms with Crippen molar-refractivity contribution in [2.75, 3.05) is 19.0 Å². The van der Waals surface area contributed by atoms with Gasteiger partial charge in [-0.3, -0.25) is 0 Å². The van der Waals surface area contributed by atoms with Crippen LogP contribution in [0.25, 0.3) is 0 Å². The Labute approximate surface area is 191 Å². The van der Waals surface area contributed by atoms with Gasteiger partial charge in [0, 0.05) is 17.8 Å². The van der Waals surface area contributed by atoms with Crippen molar-refractivity contribution in [3.8, 4) is 11.5 Å². The molecule has 0 saturated heterocycles. The zero-order chi connectivity index (χ0) is 22.2. The van der Waals surface area contributed by atoms with Crippen LogP contribution in [-0.2, 0) is 17.9 Å². The van der Waals surface area contributed by atoms with Gasteiger partial charge in [0.1, 0.15) is 6.61 Å². The molecule has 162 valence electrons. The van der Waals surface area contributed by atoms with E-state index in [1.54, 1.807) is 38.3 Å². The molecule has 3 aromatic rings. The maximum Gasteiger partial charge on any atom is 0.338 e. The minimum absolute atomic E-state index is 0.318. The predicted octanol–water partition coefficient (Wildman–Crippen LogP) is 6.37. The van der Waals surface area contributed by atoms with Gasteiger partial charge in [-0.2, -0.15) is 0 Å². The first-order chi connectivity index (χ1) is 15.0. The highest BCUT2D eigenvalue weighted by molar-refractivity contribution is 6.42. The van der Waals surface area contributed by atoms with Crippen molar-refractivity contribution in [1.29, 1.82) is 0 Å². The molecule has 0 aromatic heterocycles. The lowest BCUT2D eigenvalue weighted by Gasteiger charge is -2.16. The van der Waals surface area contributed by atoms with Crippen molar-refractivity contribution in [2.24, 2.45) is 0 Å². The van der Waals surface area contributed by atoms with E-state index in [-0.39, 0.29) is 5.97 Å². The highest BCUT2D eigenvalue weighted by Gasteiger charge is 2.12. The molecular weight excluding hydrogens is 437 g/mol. The molecule has 0 spiro atoms. The number of hydrogen-bond acceptors (Lipinski definition) is 5. The van der Waals surface area contributed by atoms with E-state index in [2.05, 4.69) is 5.32 Å². The van der Waals surface area contributed by atoms with Crippen molar-refractivity contribution < 1.29 is 19.0 Å². The van der Waals surface area contributed by atoms with Gasteiger partial charge < -0.3 is 19.5 Å². The zero-order valence-corrected chi connectivity index (χ0v) is 18.8. The highest BCUT2D eigenvalue weighted by atomic mass is 35.5. The van der Waals surface area contributed by atoms with E-state index in [1.807, 2.05) is 36.4 Å². The standard InChI is InChI=1S/C24H23Cl2NO4/c1-3-30-24(28)17-8-10-19(11-9-17)27-14-18-5-4-6-22(29-2)23(18)31-15-16-7-12-20(25)21(26)13-16/h4-13,27H,3,14-15H2,1-2H3. The smallest absolute Gasteiger partial charge is 0.338 e. The molecule has 3 aromatic carbocycles. The molecule has 0 radical (unpaired) electrons. The van der Waals surface area contributed by atoms with E-state index in [0.717, 1.165) is 16.8 Å². The largest absolute Gasteiger partial charge is 0.493 e. The van der Waals surface area contributed by atoms with Crippen molar-refractivity contribution in [3.63, 3.8) is 0 Å². The van der Waals surface area contributed by atoms with Crippen LogP contribution in [0.4, 0.5) is 5.69 Å². The summed E-state index contributed by atoms with van der Waals surface area (Å²) >= 11 is 12.1. The van der Waals surface area contributed by atoms with Gasteiger partial charge in [-0.05, 0) is 55.0 Å². The summed E-state index contributed by atoms with van der Waals surface area (Å²) in [6.07, 6.45) is 0. The normalized spacial score (nSPS) is 10.5. The Morgan fingerprint density at radius 3 is 2.45 bits per heavy atom. The molecule has 7 heteroatoms. The average molecular weight is 460 g/mol. The third-order valence-electron chi connectivity index (χ3n) is 4.53. The minimum Gasteiger partial charge on any atom is -0.493 e. The van der Waals surface area contributed by atoms with Crippen molar-refractivity contribution in [2.45, 2.75) is 20.1 Å². The fraction of sp³-hybridized carbons (Fsp3) is 0.208. The third-order valence-corrected chi connectivity index (χ3v) is 5.27. The molecule has 0 bridgehead atoms. The molecule has 3 rings (SSSR count). The zero-order valence-electron chi connectivity index (χ0n) is 17.3. The van der Waals surface area contributed by atoms with Crippen molar-refractivity contribution in [1.82, 2.24) is 0 Å². The summed E-state index contributed by atoms with van der Waals surface area (Å²) in [5.74, 6) is 0.948. The van der Waals surface area contributed by atoms with Gasteiger partial charge in [0.25, 0.3) is 0 Å². The number of para-hydroxylation sites is 1. The number of halogens is 2. The number of ether oxygens (including phenoxy) is 3. The Morgan fingerprint density at radius 1 is 1.00 bits per heavy atom. The summed E-state index contributed by atoms with van der Waals surface area (Å²) in [6, 6.07) is 18.2. The Bertz CT molecular complexity index is 1040. The molecule has 1 N–H and O–H groups in total. The SMILES string of the molecule is CCOC(=O)c1ccc(NCc2cccc(OC)c2OCc2ccc(Cl)c(Cl)c2)cc1. The lowest BCUT2D eigenvalue weighted by Crippen LogP contribution is -2.06. The highest BCUT2D eigenvalue weighted by Crippen LogP contribution is 2.33. The number of carbonyl (C=O) groups is 1. The molecular formula is C24H23Cl2NO4. The van der Waals surface area contributed by atoms with Crippen molar-refractivity contribution >= 4 is 34.9 Å². The van der Waals surface area contributed by atoms with Crippen LogP contribution in [0.15, 0.2) is 60.7 Å². The van der Waals surface area contributed by atoms with Gasteiger partial charge in [-0.1, -0.05) is 41.4 Å². The molecule has 0 aliphatic carbocycles. The third kappa shape index (κ3) is 6.06. The van der Waals surface area contributed by atoms with E-state index >= 15 is 0 Å². The lowest BCUT2D eigenvalue weighted by atomic mass is 10.1. The minimum atomic E-state index is -0.333. The fourth-order valence-corrected chi connectivity index (χ4v) is 3.27. The number of carbonyl (C=O) groups excluding carboxylic acids is 1. The van der Waals surface area contributed by atoms with E-state index < -0.39 is 0 Å². The molecule has 0 unspecified atom stereocenters. The van der Waals surface area contributed by atoms with Gasteiger partial charge in [0.05, 0.1) is 29.3 Å². The molecule has 5 nitrogen and oxygen atoms in total. The molecule has 31 heavy (non-hydrogen) atoms. The van der Waals surface area contributed by atoms with Crippen LogP contribution in [0, 0.1) is 0 Å². The van der Waals surface area contributed by atoms with Gasteiger partial charge >= 0.3 is 5.97 Å². The van der Waals surface area contributed by atoms with Gasteiger partial charge in [0.15, 0.2) is 11.5 Å². The Morgan fingerprint density at radius 2 is 1.77 bits per heavy atom. The maximum atomic E-state index is 11.8. The van der Waals surface area contributed by atoms with Crippen LogP contribution >= 0.6 is 23.2 Å². The van der Waals surface area contributed by atoms with Crippen LogP contribution in [0.1, 0.15) is 28.4 Å². The van der Waals surface area contributed by atoms with Gasteiger partial charge in [0.2, 0.25) is 0 Å². The van der Waals surface area contributed by atoms with Crippen LogP contribution in [0.2, 0.25) is 10.0 Å². The second-order valence-electron chi connectivity index (χ2n) is 6.64. The second-order valence-corrected chi connectivity index (χ2v) is 7.45. The molecule has 0 aliphatic heterocycles. The van der Waals surface area contributed by atoms with Crippen LogP contribution in [0.3, 0.4) is 0 Å². The van der Waals surface area contributed by atoms with Crippen LogP contribution in [-0.4, -0.2) is 19.7 Å². The van der Waals surface area contributed by atoms with E-state index in [1.165, 1.54) is 0 Å². The average Bonchev–Trinajstić information content (AvgIpc) is 2.79. The maximum absolute atomic E-state index is 11.8. The lowest BCUT2D eigenvalue weighted by molar-refractivity contribution is 0.0526. The summed E-state index contributed by atoms with van der Waals surface area (Å²) in [7, 11) is 1.60. The summed E-state index contributed by atoms with van der Waals surface area (Å²) in [6.45, 7) is 2.95. The van der Waals surface area contributed by atoms with Gasteiger partial charge in [-0.15, -0.1) is 0 Å². The summed E-state index contributed by atoms with van der Waals surface area (Å²) in [5, 5.41) is 4.32. The summed E-state index contributed by atoms with van der Waals surface area (Å²) in [5.41, 5.74) is 3.20. The number of esters is 1. The van der Waals surface area contributed by atoms with Crippen LogP contribution in [0.5, 0.6) is 11.5 Å². The van der Waals surface area contributed by atoms with Gasteiger partial charge in [-0.25, -0.2) is 4.79 Å². The molecule has 0 fully saturated rings. The van der Waals surface area contributed by atoms with Crippen LogP contribution < -0.4 is 14.8 Å². The Balaban J connectivity index is 1.71. The number of benzene rings is 3. The summed E-state index contributed by atoms with van der Waals surface area (Å²) < 4.78 is 16.6. The number of nitrogens with one attached hydrogen (secondary N) is 1. The Kier molecular flexibility index (Phi) is 8.04. The summed E-state index contributed by atoms with van der Waals surface area (Å²) in [4.78, 5) is 11.8.